The molecule has 0 unspecified atom stereocenters. The maximum absolute atomic E-state index is 11.5. The number of carbonyl (C=O) groups excluding carboxylic acids is 1. The summed E-state index contributed by atoms with van der Waals surface area (Å²) in [6, 6.07) is 5.46. The van der Waals surface area contributed by atoms with Gasteiger partial charge in [-0.15, -0.1) is 0 Å². The normalized spacial score (nSPS) is 29.2. The molecule has 4 aliphatic carbocycles. The van der Waals surface area contributed by atoms with Crippen LogP contribution in [0.3, 0.4) is 0 Å². The minimum absolute atomic E-state index is 0.0995. The number of aldehydes is 1. The van der Waals surface area contributed by atoms with Crippen LogP contribution in [0.2, 0.25) is 10.0 Å². The fourth-order valence-electron chi connectivity index (χ4n) is 4.85. The van der Waals surface area contributed by atoms with Gasteiger partial charge < -0.3 is 14.1 Å². The van der Waals surface area contributed by atoms with Gasteiger partial charge in [0.1, 0.15) is 17.7 Å². The summed E-state index contributed by atoms with van der Waals surface area (Å²) in [6.45, 7) is 0.445. The molecule has 0 radical (unpaired) electrons. The molecule has 0 amide bonds. The van der Waals surface area contributed by atoms with Crippen molar-refractivity contribution in [1.29, 1.82) is 0 Å². The summed E-state index contributed by atoms with van der Waals surface area (Å²) in [7, 11) is 0. The van der Waals surface area contributed by atoms with Crippen LogP contribution in [0.25, 0.3) is 11.3 Å². The summed E-state index contributed by atoms with van der Waals surface area (Å²) in [6.07, 6.45) is 9.03. The van der Waals surface area contributed by atoms with E-state index < -0.39 is 0 Å². The molecule has 1 heterocycles. The van der Waals surface area contributed by atoms with Gasteiger partial charge in [0.15, 0.2) is 0 Å². The van der Waals surface area contributed by atoms with Crippen molar-refractivity contribution in [2.24, 2.45) is 5.41 Å². The van der Waals surface area contributed by atoms with Crippen molar-refractivity contribution >= 4 is 29.5 Å². The second-order valence-corrected chi connectivity index (χ2v) is 9.51. The number of benzene rings is 1. The first-order valence-corrected chi connectivity index (χ1v) is 10.8. The molecule has 4 saturated carbocycles. The van der Waals surface area contributed by atoms with Crippen molar-refractivity contribution in [2.75, 3.05) is 0 Å². The van der Waals surface area contributed by atoms with Crippen molar-refractivity contribution in [2.45, 2.75) is 69.5 Å². The van der Waals surface area contributed by atoms with Crippen molar-refractivity contribution in [3.63, 3.8) is 0 Å². The number of carbonyl (C=O) groups is 1. The number of aromatic nitrogens is 1. The van der Waals surface area contributed by atoms with Gasteiger partial charge in [0.2, 0.25) is 0 Å². The number of nitrogens with zero attached hydrogens (tertiary/aromatic N) is 1. The Balaban J connectivity index is 1.44. The zero-order valence-corrected chi connectivity index (χ0v) is 17.2. The van der Waals surface area contributed by atoms with E-state index in [2.05, 4.69) is 5.16 Å². The van der Waals surface area contributed by atoms with Crippen LogP contribution in [0.15, 0.2) is 22.7 Å². The molecular formula is C22H23Cl2NO3. The largest absolute Gasteiger partial charge is 0.370 e. The zero-order chi connectivity index (χ0) is 19.4. The third kappa shape index (κ3) is 3.10. The van der Waals surface area contributed by atoms with E-state index in [1.807, 2.05) is 18.2 Å². The minimum atomic E-state index is -0.135. The molecule has 0 aliphatic heterocycles. The van der Waals surface area contributed by atoms with Gasteiger partial charge in [-0.25, -0.2) is 0 Å². The Hall–Kier alpha value is -1.36. The lowest BCUT2D eigenvalue weighted by atomic mass is 9.59. The Kier molecular flexibility index (Phi) is 4.57. The van der Waals surface area contributed by atoms with Crippen LogP contribution in [-0.2, 0) is 16.1 Å². The highest BCUT2D eigenvalue weighted by Crippen LogP contribution is 2.53. The van der Waals surface area contributed by atoms with Gasteiger partial charge >= 0.3 is 0 Å². The van der Waals surface area contributed by atoms with E-state index in [0.717, 1.165) is 62.7 Å². The number of rotatable bonds is 6. The molecule has 1 aromatic heterocycles. The second-order valence-electron chi connectivity index (χ2n) is 8.70. The van der Waals surface area contributed by atoms with E-state index in [1.165, 1.54) is 6.29 Å². The minimum Gasteiger partial charge on any atom is -0.370 e. The van der Waals surface area contributed by atoms with Crippen LogP contribution in [0.4, 0.5) is 0 Å². The Labute approximate surface area is 174 Å². The molecule has 148 valence electrons. The lowest BCUT2D eigenvalue weighted by Crippen LogP contribution is -2.48. The van der Waals surface area contributed by atoms with Crippen LogP contribution >= 0.6 is 23.2 Å². The quantitative estimate of drug-likeness (QED) is 0.512. The second kappa shape index (κ2) is 6.86. The van der Waals surface area contributed by atoms with E-state index in [4.69, 9.17) is 32.5 Å². The molecule has 0 spiro atoms. The van der Waals surface area contributed by atoms with Crippen molar-refractivity contribution in [1.82, 2.24) is 5.16 Å². The molecule has 2 bridgehead atoms. The van der Waals surface area contributed by atoms with E-state index >= 15 is 0 Å². The first-order valence-electron chi connectivity index (χ1n) is 10.1. The molecule has 4 fully saturated rings. The van der Waals surface area contributed by atoms with E-state index in [9.17, 15) is 4.79 Å². The molecule has 0 N–H and O–H groups in total. The number of ether oxygens (including phenoxy) is 1. The average Bonchev–Trinajstić information content (AvgIpc) is 3.48. The number of hydrogen-bond donors (Lipinski definition) is 0. The predicted octanol–water partition coefficient (Wildman–Crippen LogP) is 6.33. The topological polar surface area (TPSA) is 52.3 Å². The first kappa shape index (κ1) is 18.7. The summed E-state index contributed by atoms with van der Waals surface area (Å²) in [5, 5.41) is 5.47. The monoisotopic (exact) mass is 419 g/mol. The van der Waals surface area contributed by atoms with Gasteiger partial charge in [-0.2, -0.15) is 0 Å². The number of hydrogen-bond acceptors (Lipinski definition) is 4. The molecule has 28 heavy (non-hydrogen) atoms. The summed E-state index contributed by atoms with van der Waals surface area (Å²) in [4.78, 5) is 11.5. The van der Waals surface area contributed by atoms with Crippen molar-refractivity contribution < 1.29 is 14.1 Å². The SMILES string of the molecule is O=CC12CCC(OCc3c(-c4c(Cl)cccc4Cl)noc3C3CC3)(CC1)CC2. The summed E-state index contributed by atoms with van der Waals surface area (Å²) < 4.78 is 12.3. The van der Waals surface area contributed by atoms with Crippen molar-refractivity contribution in [3.05, 3.63) is 39.6 Å². The van der Waals surface area contributed by atoms with E-state index in [1.54, 1.807) is 0 Å². The molecule has 4 nitrogen and oxygen atoms in total. The van der Waals surface area contributed by atoms with E-state index in [-0.39, 0.29) is 11.0 Å². The fraction of sp³-hybridized carbons (Fsp3) is 0.545. The van der Waals surface area contributed by atoms with E-state index in [0.29, 0.717) is 33.8 Å². The van der Waals surface area contributed by atoms with Gasteiger partial charge in [0, 0.05) is 22.5 Å². The predicted molar refractivity (Wildman–Crippen MR) is 108 cm³/mol. The first-order chi connectivity index (χ1) is 13.5. The standard InChI is InChI=1S/C22H23Cl2NO3/c23-16-2-1-3-17(24)18(16)19-15(20(28-25-19)14-4-5-14)12-27-22-9-6-21(13-26,7-10-22)8-11-22/h1-3,13-14H,4-12H2. The Morgan fingerprint density at radius 1 is 1.11 bits per heavy atom. The maximum Gasteiger partial charge on any atom is 0.145 e. The summed E-state index contributed by atoms with van der Waals surface area (Å²) >= 11 is 12.9. The van der Waals surface area contributed by atoms with Gasteiger partial charge in [0.25, 0.3) is 0 Å². The lowest BCUT2D eigenvalue weighted by Gasteiger charge is -2.50. The summed E-state index contributed by atoms with van der Waals surface area (Å²) in [5.74, 6) is 1.33. The maximum atomic E-state index is 11.5. The molecule has 4 aliphatic rings. The molecule has 2 aromatic rings. The molecule has 1 aromatic carbocycles. The molecule has 0 saturated heterocycles. The summed E-state index contributed by atoms with van der Waals surface area (Å²) in [5.41, 5.74) is 2.15. The zero-order valence-electron chi connectivity index (χ0n) is 15.7. The molecule has 6 heteroatoms. The van der Waals surface area contributed by atoms with Gasteiger partial charge in [-0.3, -0.25) is 0 Å². The van der Waals surface area contributed by atoms with Gasteiger partial charge in [-0.05, 0) is 63.5 Å². The van der Waals surface area contributed by atoms with Gasteiger partial charge in [0.05, 0.1) is 22.3 Å². The smallest absolute Gasteiger partial charge is 0.145 e. The molecule has 6 rings (SSSR count). The van der Waals surface area contributed by atoms with Crippen molar-refractivity contribution in [3.8, 4) is 11.3 Å². The van der Waals surface area contributed by atoms with Crippen LogP contribution in [0, 0.1) is 5.41 Å². The van der Waals surface area contributed by atoms with Crippen LogP contribution in [0.5, 0.6) is 0 Å². The Morgan fingerprint density at radius 3 is 2.32 bits per heavy atom. The highest BCUT2D eigenvalue weighted by molar-refractivity contribution is 6.39. The third-order valence-corrected chi connectivity index (χ3v) is 7.60. The van der Waals surface area contributed by atoms with Crippen LogP contribution in [0.1, 0.15) is 68.6 Å². The Bertz CT molecular complexity index is 874. The third-order valence-electron chi connectivity index (χ3n) is 6.97. The molecular weight excluding hydrogens is 397 g/mol. The van der Waals surface area contributed by atoms with Gasteiger partial charge in [-0.1, -0.05) is 34.4 Å². The lowest BCUT2D eigenvalue weighted by molar-refractivity contribution is -0.152. The van der Waals surface area contributed by atoms with Crippen LogP contribution in [-0.4, -0.2) is 17.0 Å². The number of fused-ring (bicyclic) bond motifs is 3. The fourth-order valence-corrected chi connectivity index (χ4v) is 5.42. The molecule has 0 atom stereocenters. The Morgan fingerprint density at radius 2 is 1.75 bits per heavy atom. The highest BCUT2D eigenvalue weighted by Gasteiger charge is 2.49. The highest BCUT2D eigenvalue weighted by atomic mass is 35.5. The number of halogens is 2. The van der Waals surface area contributed by atoms with Crippen LogP contribution < -0.4 is 0 Å². The average molecular weight is 420 g/mol.